The summed E-state index contributed by atoms with van der Waals surface area (Å²) in [4.78, 5) is 0. The summed E-state index contributed by atoms with van der Waals surface area (Å²) in [5.41, 5.74) is 1.57. The molecule has 0 saturated heterocycles. The predicted octanol–water partition coefficient (Wildman–Crippen LogP) is 5.12. The zero-order valence-electron chi connectivity index (χ0n) is 9.74. The molecule has 0 bridgehead atoms. The van der Waals surface area contributed by atoms with Gasteiger partial charge in [-0.3, -0.25) is 0 Å². The second kappa shape index (κ2) is 4.16. The first-order valence-electron chi connectivity index (χ1n) is 5.69. The lowest BCUT2D eigenvalue weighted by Gasteiger charge is -2.06. The lowest BCUT2D eigenvalue weighted by molar-refractivity contribution is -0.137. The Hall–Kier alpha value is -2.23. The topological polar surface area (TPSA) is 13.1 Å². The van der Waals surface area contributed by atoms with Crippen molar-refractivity contribution in [2.75, 3.05) is 0 Å². The van der Waals surface area contributed by atoms with Gasteiger partial charge < -0.3 is 4.42 Å². The van der Waals surface area contributed by atoms with E-state index in [4.69, 9.17) is 4.42 Å². The summed E-state index contributed by atoms with van der Waals surface area (Å²) in [6.07, 6.45) is -2.75. The highest BCUT2D eigenvalue weighted by Gasteiger charge is 2.30. The summed E-state index contributed by atoms with van der Waals surface area (Å²) >= 11 is 0. The number of hydrogen-bond donors (Lipinski definition) is 0. The molecule has 0 aliphatic rings. The molecule has 1 aromatic heterocycles. The minimum absolute atomic E-state index is 0.649. The van der Waals surface area contributed by atoms with Crippen LogP contribution in [0.1, 0.15) is 5.56 Å². The van der Waals surface area contributed by atoms with E-state index >= 15 is 0 Å². The fourth-order valence-corrected chi connectivity index (χ4v) is 2.04. The first-order valence-corrected chi connectivity index (χ1v) is 5.69. The molecule has 0 radical (unpaired) electrons. The Bertz CT molecular complexity index is 708. The molecule has 1 heterocycles. The molecule has 0 aliphatic heterocycles. The quantitative estimate of drug-likeness (QED) is 0.593. The van der Waals surface area contributed by atoms with Crippen molar-refractivity contribution >= 4 is 11.0 Å². The minimum atomic E-state index is -4.31. The minimum Gasteiger partial charge on any atom is -0.464 e. The Labute approximate surface area is 107 Å². The van der Waals surface area contributed by atoms with Crippen LogP contribution in [0.25, 0.3) is 22.1 Å². The SMILES string of the molecule is FC(F)(F)c1ccc(-c2coc3ccccc23)cc1. The highest BCUT2D eigenvalue weighted by atomic mass is 19.4. The maximum atomic E-state index is 12.5. The summed E-state index contributed by atoms with van der Waals surface area (Å²) in [5.74, 6) is 0. The molecule has 0 spiro atoms. The van der Waals surface area contributed by atoms with E-state index in [1.165, 1.54) is 12.1 Å². The lowest BCUT2D eigenvalue weighted by Crippen LogP contribution is -2.03. The normalized spacial score (nSPS) is 11.9. The third-order valence-corrected chi connectivity index (χ3v) is 3.00. The van der Waals surface area contributed by atoms with Gasteiger partial charge in [0.15, 0.2) is 0 Å². The van der Waals surface area contributed by atoms with E-state index in [2.05, 4.69) is 0 Å². The number of rotatable bonds is 1. The molecule has 0 amide bonds. The number of benzene rings is 2. The van der Waals surface area contributed by atoms with Crippen molar-refractivity contribution in [3.63, 3.8) is 0 Å². The summed E-state index contributed by atoms with van der Waals surface area (Å²) in [5, 5.41) is 0.891. The average molecular weight is 262 g/mol. The molecule has 0 unspecified atom stereocenters. The van der Waals surface area contributed by atoms with E-state index in [9.17, 15) is 13.2 Å². The van der Waals surface area contributed by atoms with Crippen molar-refractivity contribution in [3.8, 4) is 11.1 Å². The van der Waals surface area contributed by atoms with Crippen LogP contribution in [0.2, 0.25) is 0 Å². The number of alkyl halides is 3. The van der Waals surface area contributed by atoms with E-state index in [1.807, 2.05) is 24.3 Å². The summed E-state index contributed by atoms with van der Waals surface area (Å²) in [6.45, 7) is 0. The van der Waals surface area contributed by atoms with E-state index in [-0.39, 0.29) is 0 Å². The van der Waals surface area contributed by atoms with Crippen LogP contribution in [0.4, 0.5) is 13.2 Å². The van der Waals surface area contributed by atoms with Gasteiger partial charge in [0.2, 0.25) is 0 Å². The molecular weight excluding hydrogens is 253 g/mol. The van der Waals surface area contributed by atoms with E-state index < -0.39 is 11.7 Å². The largest absolute Gasteiger partial charge is 0.464 e. The van der Waals surface area contributed by atoms with E-state index in [1.54, 1.807) is 6.26 Å². The van der Waals surface area contributed by atoms with Crippen molar-refractivity contribution < 1.29 is 17.6 Å². The van der Waals surface area contributed by atoms with Gasteiger partial charge >= 0.3 is 6.18 Å². The standard InChI is InChI=1S/C15H9F3O/c16-15(17,18)11-7-5-10(6-8-11)13-9-19-14-4-2-1-3-12(13)14/h1-9H. The number of furan rings is 1. The van der Waals surface area contributed by atoms with Gasteiger partial charge in [0.05, 0.1) is 11.8 Å². The van der Waals surface area contributed by atoms with Gasteiger partial charge in [-0.2, -0.15) is 13.2 Å². The van der Waals surface area contributed by atoms with Crippen molar-refractivity contribution in [2.45, 2.75) is 6.18 Å². The number of para-hydroxylation sites is 1. The first-order chi connectivity index (χ1) is 9.05. The number of halogens is 3. The van der Waals surface area contributed by atoms with Crippen LogP contribution >= 0.6 is 0 Å². The molecular formula is C15H9F3O. The van der Waals surface area contributed by atoms with Gasteiger partial charge in [0.1, 0.15) is 5.58 Å². The fraction of sp³-hybridized carbons (Fsp3) is 0.0667. The van der Waals surface area contributed by atoms with Crippen molar-refractivity contribution in [3.05, 3.63) is 60.4 Å². The van der Waals surface area contributed by atoms with Crippen molar-refractivity contribution in [1.82, 2.24) is 0 Å². The molecule has 0 aliphatic carbocycles. The van der Waals surface area contributed by atoms with Crippen LogP contribution in [0.3, 0.4) is 0 Å². The molecule has 0 N–H and O–H groups in total. The number of fused-ring (bicyclic) bond motifs is 1. The van der Waals surface area contributed by atoms with Gasteiger partial charge in [-0.25, -0.2) is 0 Å². The van der Waals surface area contributed by atoms with Crippen molar-refractivity contribution in [2.24, 2.45) is 0 Å². The Morgan fingerprint density at radius 3 is 2.21 bits per heavy atom. The van der Waals surface area contributed by atoms with Crippen LogP contribution in [0.5, 0.6) is 0 Å². The van der Waals surface area contributed by atoms with Gasteiger partial charge in [-0.1, -0.05) is 30.3 Å². The molecule has 4 heteroatoms. The zero-order chi connectivity index (χ0) is 13.5. The van der Waals surface area contributed by atoms with Crippen LogP contribution in [0.15, 0.2) is 59.2 Å². The molecule has 3 rings (SSSR count). The molecule has 3 aromatic rings. The van der Waals surface area contributed by atoms with Gasteiger partial charge in [0.25, 0.3) is 0 Å². The van der Waals surface area contributed by atoms with Crippen LogP contribution < -0.4 is 0 Å². The molecule has 0 fully saturated rings. The average Bonchev–Trinajstić information content (AvgIpc) is 2.82. The summed E-state index contributed by atoms with van der Waals surface area (Å²) in [7, 11) is 0. The molecule has 2 aromatic carbocycles. The molecule has 1 nitrogen and oxygen atoms in total. The molecule has 0 atom stereocenters. The third kappa shape index (κ3) is 2.10. The highest BCUT2D eigenvalue weighted by molar-refractivity contribution is 5.93. The third-order valence-electron chi connectivity index (χ3n) is 3.00. The second-order valence-electron chi connectivity index (χ2n) is 4.22. The zero-order valence-corrected chi connectivity index (χ0v) is 9.74. The van der Waals surface area contributed by atoms with Gasteiger partial charge in [-0.15, -0.1) is 0 Å². The van der Waals surface area contributed by atoms with E-state index in [0.717, 1.165) is 28.7 Å². The summed E-state index contributed by atoms with van der Waals surface area (Å²) < 4.78 is 42.9. The Morgan fingerprint density at radius 1 is 0.842 bits per heavy atom. The monoisotopic (exact) mass is 262 g/mol. The summed E-state index contributed by atoms with van der Waals surface area (Å²) in [6, 6.07) is 12.5. The first kappa shape index (κ1) is 11.8. The maximum Gasteiger partial charge on any atom is 0.416 e. The predicted molar refractivity (Wildman–Crippen MR) is 66.7 cm³/mol. The molecule has 19 heavy (non-hydrogen) atoms. The Balaban J connectivity index is 2.07. The Morgan fingerprint density at radius 2 is 1.53 bits per heavy atom. The molecule has 0 saturated carbocycles. The van der Waals surface area contributed by atoms with Crippen LogP contribution in [0, 0.1) is 0 Å². The van der Waals surface area contributed by atoms with Gasteiger partial charge in [0, 0.05) is 10.9 Å². The lowest BCUT2D eigenvalue weighted by atomic mass is 10.0. The van der Waals surface area contributed by atoms with Crippen LogP contribution in [-0.2, 0) is 6.18 Å². The maximum absolute atomic E-state index is 12.5. The molecule has 96 valence electrons. The highest BCUT2D eigenvalue weighted by Crippen LogP contribution is 2.33. The van der Waals surface area contributed by atoms with Crippen LogP contribution in [-0.4, -0.2) is 0 Å². The smallest absolute Gasteiger partial charge is 0.416 e. The Kier molecular flexibility index (Phi) is 2.59. The number of hydrogen-bond acceptors (Lipinski definition) is 1. The fourth-order valence-electron chi connectivity index (χ4n) is 2.04. The van der Waals surface area contributed by atoms with Gasteiger partial charge in [-0.05, 0) is 23.8 Å². The second-order valence-corrected chi connectivity index (χ2v) is 4.22. The van der Waals surface area contributed by atoms with E-state index in [0.29, 0.717) is 5.56 Å². The van der Waals surface area contributed by atoms with Crippen molar-refractivity contribution in [1.29, 1.82) is 0 Å².